The Balaban J connectivity index is 1.84. The number of carbonyl (C=O) groups excluding carboxylic acids is 1. The van der Waals surface area contributed by atoms with E-state index < -0.39 is 0 Å². The van der Waals surface area contributed by atoms with E-state index in [2.05, 4.69) is 22.4 Å². The van der Waals surface area contributed by atoms with Crippen molar-refractivity contribution in [1.82, 2.24) is 15.1 Å². The summed E-state index contributed by atoms with van der Waals surface area (Å²) < 4.78 is 0. The molecule has 1 N–H and O–H groups in total. The summed E-state index contributed by atoms with van der Waals surface area (Å²) in [6.07, 6.45) is 2.88. The molecule has 0 saturated heterocycles. The predicted octanol–water partition coefficient (Wildman–Crippen LogP) is 3.66. The van der Waals surface area contributed by atoms with Crippen molar-refractivity contribution in [2.75, 3.05) is 25.5 Å². The normalized spacial score (nSPS) is 10.5. The van der Waals surface area contributed by atoms with Crippen LogP contribution in [0, 0.1) is 0 Å². The quantitative estimate of drug-likeness (QED) is 0.792. The number of rotatable bonds is 8. The lowest BCUT2D eigenvalue weighted by Crippen LogP contribution is -2.28. The van der Waals surface area contributed by atoms with Gasteiger partial charge in [0, 0.05) is 25.2 Å². The summed E-state index contributed by atoms with van der Waals surface area (Å²) >= 11 is 5.97. The second kappa shape index (κ2) is 9.23. The molecule has 1 amide bonds. The Hall–Kier alpha value is -2.14. The third-order valence-electron chi connectivity index (χ3n) is 3.69. The first kappa shape index (κ1) is 18.2. The molecule has 0 unspecified atom stereocenters. The Labute approximate surface area is 148 Å². The van der Waals surface area contributed by atoms with E-state index >= 15 is 0 Å². The van der Waals surface area contributed by atoms with Crippen molar-refractivity contribution in [2.24, 2.45) is 0 Å². The van der Waals surface area contributed by atoms with Crippen molar-refractivity contribution in [2.45, 2.75) is 26.2 Å². The zero-order valence-electron chi connectivity index (χ0n) is 14.1. The van der Waals surface area contributed by atoms with Crippen LogP contribution in [0.1, 0.15) is 35.8 Å². The first-order valence-electron chi connectivity index (χ1n) is 8.17. The summed E-state index contributed by atoms with van der Waals surface area (Å²) in [7, 11) is 1.79. The Kier molecular flexibility index (Phi) is 7.00. The van der Waals surface area contributed by atoms with Crippen LogP contribution in [-0.2, 0) is 6.42 Å². The number of halogens is 1. The number of hydrogen-bond acceptors (Lipinski definition) is 4. The third-order valence-corrected chi connectivity index (χ3v) is 3.92. The Morgan fingerprint density at radius 3 is 2.75 bits per heavy atom. The summed E-state index contributed by atoms with van der Waals surface area (Å²) in [5.41, 5.74) is 1.53. The number of unbranched alkanes of at least 4 members (excludes halogenated alkanes) is 1. The SMILES string of the molecule is CCCCN(C)C(=O)c1ccc(NCCc2cccc(Cl)c2)nn1. The van der Waals surface area contributed by atoms with E-state index in [1.54, 1.807) is 24.1 Å². The van der Waals surface area contributed by atoms with Crippen molar-refractivity contribution in [3.05, 3.63) is 52.7 Å². The van der Waals surface area contributed by atoms with Crippen molar-refractivity contribution in [3.8, 4) is 0 Å². The fourth-order valence-corrected chi connectivity index (χ4v) is 2.47. The van der Waals surface area contributed by atoms with Gasteiger partial charge in [-0.2, -0.15) is 0 Å². The maximum absolute atomic E-state index is 12.2. The molecule has 0 aliphatic carbocycles. The lowest BCUT2D eigenvalue weighted by molar-refractivity contribution is 0.0786. The van der Waals surface area contributed by atoms with Crippen molar-refractivity contribution >= 4 is 23.3 Å². The van der Waals surface area contributed by atoms with Gasteiger partial charge >= 0.3 is 0 Å². The van der Waals surface area contributed by atoms with Gasteiger partial charge < -0.3 is 10.2 Å². The lowest BCUT2D eigenvalue weighted by atomic mass is 10.1. The van der Waals surface area contributed by atoms with Crippen molar-refractivity contribution < 1.29 is 4.79 Å². The maximum atomic E-state index is 12.2. The van der Waals surface area contributed by atoms with Gasteiger partial charge in [0.1, 0.15) is 5.82 Å². The highest BCUT2D eigenvalue weighted by atomic mass is 35.5. The van der Waals surface area contributed by atoms with Crippen molar-refractivity contribution in [1.29, 1.82) is 0 Å². The maximum Gasteiger partial charge on any atom is 0.274 e. The fraction of sp³-hybridized carbons (Fsp3) is 0.389. The largest absolute Gasteiger partial charge is 0.368 e. The van der Waals surface area contributed by atoms with Gasteiger partial charge in [-0.1, -0.05) is 37.1 Å². The van der Waals surface area contributed by atoms with Gasteiger partial charge in [0.05, 0.1) is 0 Å². The molecule has 2 rings (SSSR count). The fourth-order valence-electron chi connectivity index (χ4n) is 2.26. The zero-order valence-corrected chi connectivity index (χ0v) is 14.9. The van der Waals surface area contributed by atoms with Gasteiger partial charge in [0.2, 0.25) is 0 Å². The number of aromatic nitrogens is 2. The zero-order chi connectivity index (χ0) is 17.4. The molecule has 128 valence electrons. The van der Waals surface area contributed by atoms with E-state index in [0.29, 0.717) is 11.5 Å². The van der Waals surface area contributed by atoms with Gasteiger partial charge in [-0.25, -0.2) is 0 Å². The third kappa shape index (κ3) is 5.49. The Morgan fingerprint density at radius 2 is 2.08 bits per heavy atom. The first-order chi connectivity index (χ1) is 11.6. The van der Waals surface area contributed by atoms with E-state index in [4.69, 9.17) is 11.6 Å². The van der Waals surface area contributed by atoms with Gasteiger partial charge in [0.15, 0.2) is 5.69 Å². The summed E-state index contributed by atoms with van der Waals surface area (Å²) in [5.74, 6) is 0.561. The van der Waals surface area contributed by atoms with Crippen LogP contribution in [0.4, 0.5) is 5.82 Å². The molecule has 0 aliphatic heterocycles. The number of hydrogen-bond donors (Lipinski definition) is 1. The monoisotopic (exact) mass is 346 g/mol. The summed E-state index contributed by atoms with van der Waals surface area (Å²) in [5, 5.41) is 12.0. The molecule has 0 aliphatic rings. The van der Waals surface area contributed by atoms with E-state index in [1.807, 2.05) is 24.3 Å². The van der Waals surface area contributed by atoms with Crippen LogP contribution in [0.2, 0.25) is 5.02 Å². The molecular formula is C18H23ClN4O. The number of carbonyl (C=O) groups is 1. The average molecular weight is 347 g/mol. The van der Waals surface area contributed by atoms with Crippen LogP contribution in [0.3, 0.4) is 0 Å². The summed E-state index contributed by atoms with van der Waals surface area (Å²) in [6.45, 7) is 3.55. The minimum atomic E-state index is -0.0959. The van der Waals surface area contributed by atoms with E-state index in [-0.39, 0.29) is 5.91 Å². The molecule has 0 saturated carbocycles. The Bertz CT molecular complexity index is 660. The molecule has 2 aromatic rings. The topological polar surface area (TPSA) is 58.1 Å². The molecule has 0 atom stereocenters. The molecule has 0 radical (unpaired) electrons. The Morgan fingerprint density at radius 1 is 1.25 bits per heavy atom. The average Bonchev–Trinajstić information content (AvgIpc) is 2.60. The van der Waals surface area contributed by atoms with E-state index in [9.17, 15) is 4.79 Å². The van der Waals surface area contributed by atoms with Crippen LogP contribution in [0.25, 0.3) is 0 Å². The molecule has 6 heteroatoms. The number of nitrogens with zero attached hydrogens (tertiary/aromatic N) is 3. The second-order valence-corrected chi connectivity index (χ2v) is 6.13. The van der Waals surface area contributed by atoms with Gasteiger partial charge in [-0.05, 0) is 42.7 Å². The molecular weight excluding hydrogens is 324 g/mol. The summed E-state index contributed by atoms with van der Waals surface area (Å²) in [4.78, 5) is 13.9. The number of amides is 1. The lowest BCUT2D eigenvalue weighted by Gasteiger charge is -2.15. The van der Waals surface area contributed by atoms with E-state index in [1.165, 1.54) is 0 Å². The molecule has 0 bridgehead atoms. The highest BCUT2D eigenvalue weighted by molar-refractivity contribution is 6.30. The highest BCUT2D eigenvalue weighted by Gasteiger charge is 2.13. The van der Waals surface area contributed by atoms with Crippen LogP contribution in [-0.4, -0.2) is 41.1 Å². The number of nitrogens with one attached hydrogen (secondary N) is 1. The van der Waals surface area contributed by atoms with Crippen LogP contribution < -0.4 is 5.32 Å². The number of benzene rings is 1. The van der Waals surface area contributed by atoms with Gasteiger partial charge in [-0.15, -0.1) is 10.2 Å². The van der Waals surface area contributed by atoms with Gasteiger partial charge in [-0.3, -0.25) is 4.79 Å². The minimum Gasteiger partial charge on any atom is -0.368 e. The van der Waals surface area contributed by atoms with E-state index in [0.717, 1.165) is 42.9 Å². The van der Waals surface area contributed by atoms with Gasteiger partial charge in [0.25, 0.3) is 5.91 Å². The standard InChI is InChI=1S/C18H23ClN4O/c1-3-4-12-23(2)18(24)16-8-9-17(22-21-16)20-11-10-14-6-5-7-15(19)13-14/h5-9,13H,3-4,10-12H2,1-2H3,(H,20,22). The molecule has 1 heterocycles. The smallest absolute Gasteiger partial charge is 0.274 e. The second-order valence-electron chi connectivity index (χ2n) is 5.69. The molecule has 24 heavy (non-hydrogen) atoms. The number of anilines is 1. The molecule has 5 nitrogen and oxygen atoms in total. The molecule has 1 aromatic heterocycles. The minimum absolute atomic E-state index is 0.0959. The molecule has 0 fully saturated rings. The highest BCUT2D eigenvalue weighted by Crippen LogP contribution is 2.11. The predicted molar refractivity (Wildman–Crippen MR) is 97.5 cm³/mol. The molecule has 0 spiro atoms. The van der Waals surface area contributed by atoms with Crippen LogP contribution in [0.15, 0.2) is 36.4 Å². The van der Waals surface area contributed by atoms with Crippen LogP contribution in [0.5, 0.6) is 0 Å². The molecule has 1 aromatic carbocycles. The first-order valence-corrected chi connectivity index (χ1v) is 8.55. The van der Waals surface area contributed by atoms with Crippen LogP contribution >= 0.6 is 11.6 Å². The van der Waals surface area contributed by atoms with Crippen molar-refractivity contribution in [3.63, 3.8) is 0 Å². The summed E-state index contributed by atoms with van der Waals surface area (Å²) in [6, 6.07) is 11.3.